The minimum atomic E-state index is 0.723. The van der Waals surface area contributed by atoms with E-state index in [9.17, 15) is 0 Å². The van der Waals surface area contributed by atoms with Crippen molar-refractivity contribution in [2.24, 2.45) is 7.05 Å². The third-order valence-electron chi connectivity index (χ3n) is 4.29. The number of nitrogens with zero attached hydrogens (tertiary/aromatic N) is 5. The molecule has 0 spiro atoms. The molecule has 22 heavy (non-hydrogen) atoms. The predicted molar refractivity (Wildman–Crippen MR) is 86.6 cm³/mol. The predicted octanol–water partition coefficient (Wildman–Crippen LogP) is 1.92. The van der Waals surface area contributed by atoms with Gasteiger partial charge in [-0.15, -0.1) is 0 Å². The molecule has 0 N–H and O–H groups in total. The van der Waals surface area contributed by atoms with Gasteiger partial charge < -0.3 is 9.47 Å². The number of anilines is 1. The summed E-state index contributed by atoms with van der Waals surface area (Å²) in [6, 6.07) is 6.30. The van der Waals surface area contributed by atoms with Crippen molar-refractivity contribution in [2.75, 3.05) is 31.1 Å². The van der Waals surface area contributed by atoms with Crippen LogP contribution < -0.4 is 4.90 Å². The molecule has 2 aromatic rings. The third kappa shape index (κ3) is 2.97. The molecule has 0 radical (unpaired) electrons. The normalized spacial score (nSPS) is 15.8. The minimum absolute atomic E-state index is 0.723. The van der Waals surface area contributed by atoms with E-state index in [1.165, 1.54) is 16.8 Å². The number of aryl methyl sites for hydroxylation is 2. The van der Waals surface area contributed by atoms with Gasteiger partial charge in [0.15, 0.2) is 0 Å². The molecule has 0 aromatic carbocycles. The Hall–Kier alpha value is -2.32. The van der Waals surface area contributed by atoms with Gasteiger partial charge in [-0.2, -0.15) is 5.26 Å². The van der Waals surface area contributed by atoms with Crippen molar-refractivity contribution in [3.8, 4) is 6.07 Å². The zero-order valence-corrected chi connectivity index (χ0v) is 13.2. The SMILES string of the molecule is Cc1cnccc1N1CCN(Cc2cc(C#N)n(C)c2)CC1. The number of pyridine rings is 1. The number of piperazine rings is 1. The zero-order valence-electron chi connectivity index (χ0n) is 13.2. The summed E-state index contributed by atoms with van der Waals surface area (Å²) in [5.41, 5.74) is 4.47. The lowest BCUT2D eigenvalue weighted by atomic mass is 10.2. The molecule has 1 fully saturated rings. The van der Waals surface area contributed by atoms with E-state index in [0.29, 0.717) is 0 Å². The van der Waals surface area contributed by atoms with Crippen LogP contribution in [0.4, 0.5) is 5.69 Å². The molecule has 1 aliphatic heterocycles. The van der Waals surface area contributed by atoms with Crippen molar-refractivity contribution < 1.29 is 0 Å². The summed E-state index contributed by atoms with van der Waals surface area (Å²) in [5.74, 6) is 0. The first-order chi connectivity index (χ1) is 10.7. The molecular formula is C17H21N5. The van der Waals surface area contributed by atoms with Crippen LogP contribution in [0.15, 0.2) is 30.7 Å². The Morgan fingerprint density at radius 1 is 1.27 bits per heavy atom. The van der Waals surface area contributed by atoms with Crippen LogP contribution in [0.25, 0.3) is 0 Å². The Morgan fingerprint density at radius 2 is 2.05 bits per heavy atom. The molecule has 0 bridgehead atoms. The highest BCUT2D eigenvalue weighted by molar-refractivity contribution is 5.51. The molecule has 0 atom stereocenters. The summed E-state index contributed by atoms with van der Waals surface area (Å²) >= 11 is 0. The van der Waals surface area contributed by atoms with Crippen LogP contribution in [0, 0.1) is 18.3 Å². The molecule has 5 nitrogen and oxygen atoms in total. The van der Waals surface area contributed by atoms with Gasteiger partial charge in [0.25, 0.3) is 0 Å². The van der Waals surface area contributed by atoms with E-state index in [1.807, 2.05) is 30.1 Å². The maximum absolute atomic E-state index is 9.03. The van der Waals surface area contributed by atoms with Gasteiger partial charge in [0.1, 0.15) is 11.8 Å². The first kappa shape index (κ1) is 14.6. The van der Waals surface area contributed by atoms with Gasteiger partial charge in [-0.05, 0) is 30.2 Å². The summed E-state index contributed by atoms with van der Waals surface area (Å²) in [7, 11) is 1.92. The molecule has 1 aliphatic rings. The number of rotatable bonds is 3. The average Bonchev–Trinajstić information content (AvgIpc) is 2.88. The Bertz CT molecular complexity index is 689. The highest BCUT2D eigenvalue weighted by atomic mass is 15.3. The van der Waals surface area contributed by atoms with E-state index in [0.717, 1.165) is 38.4 Å². The summed E-state index contributed by atoms with van der Waals surface area (Å²) in [5, 5.41) is 9.03. The van der Waals surface area contributed by atoms with Crippen molar-refractivity contribution in [3.63, 3.8) is 0 Å². The Morgan fingerprint density at radius 3 is 2.68 bits per heavy atom. The lowest BCUT2D eigenvalue weighted by molar-refractivity contribution is 0.250. The molecule has 2 aromatic heterocycles. The van der Waals surface area contributed by atoms with E-state index < -0.39 is 0 Å². The Labute approximate surface area is 131 Å². The molecule has 3 rings (SSSR count). The second kappa shape index (κ2) is 6.20. The van der Waals surface area contributed by atoms with Crippen molar-refractivity contribution in [1.82, 2.24) is 14.5 Å². The molecular weight excluding hydrogens is 274 g/mol. The monoisotopic (exact) mass is 295 g/mol. The number of nitriles is 1. The van der Waals surface area contributed by atoms with E-state index in [4.69, 9.17) is 5.26 Å². The molecule has 0 aliphatic carbocycles. The second-order valence-corrected chi connectivity index (χ2v) is 5.88. The fourth-order valence-corrected chi connectivity index (χ4v) is 3.06. The van der Waals surface area contributed by atoms with Gasteiger partial charge in [0, 0.05) is 64.0 Å². The fraction of sp³-hybridized carbons (Fsp3) is 0.412. The molecule has 1 saturated heterocycles. The van der Waals surface area contributed by atoms with Gasteiger partial charge in [-0.3, -0.25) is 9.88 Å². The number of aromatic nitrogens is 2. The first-order valence-corrected chi connectivity index (χ1v) is 7.60. The topological polar surface area (TPSA) is 48.1 Å². The number of hydrogen-bond donors (Lipinski definition) is 0. The largest absolute Gasteiger partial charge is 0.369 e. The van der Waals surface area contributed by atoms with Crippen molar-refractivity contribution >= 4 is 5.69 Å². The van der Waals surface area contributed by atoms with Crippen LogP contribution in [-0.4, -0.2) is 40.6 Å². The van der Waals surface area contributed by atoms with Crippen LogP contribution in [-0.2, 0) is 13.6 Å². The van der Waals surface area contributed by atoms with E-state index in [-0.39, 0.29) is 0 Å². The van der Waals surface area contributed by atoms with Gasteiger partial charge in [0.05, 0.1) is 0 Å². The maximum atomic E-state index is 9.03. The first-order valence-electron chi connectivity index (χ1n) is 7.60. The molecule has 5 heteroatoms. The summed E-state index contributed by atoms with van der Waals surface area (Å²) in [6.07, 6.45) is 5.84. The quantitative estimate of drug-likeness (QED) is 0.868. The fourth-order valence-electron chi connectivity index (χ4n) is 3.06. The minimum Gasteiger partial charge on any atom is -0.369 e. The average molecular weight is 295 g/mol. The standard InChI is InChI=1S/C17H21N5/c1-14-11-19-4-3-17(14)22-7-5-21(6-8-22)13-15-9-16(10-18)20(2)12-15/h3-4,9,11-12H,5-8,13H2,1-2H3. The molecule has 0 unspecified atom stereocenters. The van der Waals surface area contributed by atoms with Crippen molar-refractivity contribution in [3.05, 3.63) is 47.5 Å². The van der Waals surface area contributed by atoms with Gasteiger partial charge in [-0.1, -0.05) is 0 Å². The molecule has 3 heterocycles. The summed E-state index contributed by atoms with van der Waals surface area (Å²) < 4.78 is 1.89. The highest BCUT2D eigenvalue weighted by Crippen LogP contribution is 2.20. The van der Waals surface area contributed by atoms with E-state index >= 15 is 0 Å². The zero-order chi connectivity index (χ0) is 15.5. The van der Waals surface area contributed by atoms with Crippen LogP contribution in [0.3, 0.4) is 0 Å². The summed E-state index contributed by atoms with van der Waals surface area (Å²) in [6.45, 7) is 7.17. The smallest absolute Gasteiger partial charge is 0.120 e. The van der Waals surface area contributed by atoms with E-state index in [2.05, 4.69) is 40.0 Å². The van der Waals surface area contributed by atoms with Crippen LogP contribution in [0.5, 0.6) is 0 Å². The number of hydrogen-bond acceptors (Lipinski definition) is 4. The van der Waals surface area contributed by atoms with Crippen LogP contribution >= 0.6 is 0 Å². The summed E-state index contributed by atoms with van der Waals surface area (Å²) in [4.78, 5) is 9.04. The van der Waals surface area contributed by atoms with Crippen molar-refractivity contribution in [2.45, 2.75) is 13.5 Å². The molecule has 114 valence electrons. The molecule has 0 amide bonds. The Balaban J connectivity index is 1.60. The van der Waals surface area contributed by atoms with Crippen molar-refractivity contribution in [1.29, 1.82) is 5.26 Å². The molecule has 0 saturated carbocycles. The third-order valence-corrected chi connectivity index (χ3v) is 4.29. The van der Waals surface area contributed by atoms with Gasteiger partial charge in [-0.25, -0.2) is 0 Å². The lowest BCUT2D eigenvalue weighted by Crippen LogP contribution is -2.46. The van der Waals surface area contributed by atoms with Crippen LogP contribution in [0.1, 0.15) is 16.8 Å². The Kier molecular flexibility index (Phi) is 4.12. The second-order valence-electron chi connectivity index (χ2n) is 5.88. The lowest BCUT2D eigenvalue weighted by Gasteiger charge is -2.36. The van der Waals surface area contributed by atoms with Crippen LogP contribution in [0.2, 0.25) is 0 Å². The van der Waals surface area contributed by atoms with Gasteiger partial charge >= 0.3 is 0 Å². The maximum Gasteiger partial charge on any atom is 0.120 e. The van der Waals surface area contributed by atoms with Gasteiger partial charge in [0.2, 0.25) is 0 Å². The highest BCUT2D eigenvalue weighted by Gasteiger charge is 2.19. The van der Waals surface area contributed by atoms with E-state index in [1.54, 1.807) is 0 Å².